The van der Waals surface area contributed by atoms with Crippen molar-refractivity contribution in [2.45, 2.75) is 32.2 Å². The van der Waals surface area contributed by atoms with Gasteiger partial charge in [0, 0.05) is 29.1 Å². The Hall–Kier alpha value is -2.95. The molecule has 1 aromatic heterocycles. The van der Waals surface area contributed by atoms with E-state index in [1.807, 2.05) is 18.2 Å². The first-order valence-corrected chi connectivity index (χ1v) is 9.17. The summed E-state index contributed by atoms with van der Waals surface area (Å²) in [5.74, 6) is 1.33. The van der Waals surface area contributed by atoms with Crippen LogP contribution in [0.2, 0.25) is 0 Å². The maximum absolute atomic E-state index is 12.5. The highest BCUT2D eigenvalue weighted by Gasteiger charge is 2.26. The van der Waals surface area contributed by atoms with Crippen molar-refractivity contribution in [3.63, 3.8) is 0 Å². The molecular weight excluding hydrogens is 340 g/mol. The number of benzene rings is 2. The highest BCUT2D eigenvalue weighted by molar-refractivity contribution is 5.86. The molecule has 2 N–H and O–H groups in total. The maximum atomic E-state index is 12.5. The number of methoxy groups -OCH3 is 2. The van der Waals surface area contributed by atoms with Gasteiger partial charge in [0.25, 0.3) is 0 Å². The zero-order valence-electron chi connectivity index (χ0n) is 15.9. The first kappa shape index (κ1) is 17.5. The van der Waals surface area contributed by atoms with Crippen molar-refractivity contribution in [1.82, 2.24) is 10.3 Å². The quantitative estimate of drug-likeness (QED) is 0.730. The van der Waals surface area contributed by atoms with Crippen molar-refractivity contribution in [3.05, 3.63) is 58.8 Å². The molecule has 0 aliphatic heterocycles. The Morgan fingerprint density at radius 1 is 1.11 bits per heavy atom. The Morgan fingerprint density at radius 2 is 1.93 bits per heavy atom. The Balaban J connectivity index is 1.42. The van der Waals surface area contributed by atoms with E-state index in [4.69, 9.17) is 9.47 Å². The van der Waals surface area contributed by atoms with E-state index in [0.717, 1.165) is 18.4 Å². The second-order valence-corrected chi connectivity index (χ2v) is 7.17. The summed E-state index contributed by atoms with van der Waals surface area (Å²) in [6.07, 6.45) is 2.04. The normalized spacial score (nSPS) is 15.6. The van der Waals surface area contributed by atoms with Crippen LogP contribution in [-0.2, 0) is 24.1 Å². The number of H-pyrrole nitrogens is 1. The lowest BCUT2D eigenvalue weighted by Crippen LogP contribution is -2.36. The average molecular weight is 364 g/mol. The van der Waals surface area contributed by atoms with Gasteiger partial charge in [-0.05, 0) is 48.7 Å². The van der Waals surface area contributed by atoms with Gasteiger partial charge in [-0.1, -0.05) is 17.7 Å². The molecule has 5 nitrogen and oxygen atoms in total. The molecule has 140 valence electrons. The Bertz CT molecular complexity index is 1010. The first-order chi connectivity index (χ1) is 13.1. The summed E-state index contributed by atoms with van der Waals surface area (Å²) in [5, 5.41) is 4.45. The fraction of sp³-hybridized carbons (Fsp3) is 0.318. The highest BCUT2D eigenvalue weighted by atomic mass is 16.5. The van der Waals surface area contributed by atoms with Crippen molar-refractivity contribution in [3.8, 4) is 11.5 Å². The van der Waals surface area contributed by atoms with Crippen LogP contribution in [-0.4, -0.2) is 31.2 Å². The number of carbonyl (C=O) groups is 1. The third-order valence-electron chi connectivity index (χ3n) is 5.23. The van der Waals surface area contributed by atoms with Crippen LogP contribution < -0.4 is 14.8 Å². The van der Waals surface area contributed by atoms with E-state index in [2.05, 4.69) is 35.4 Å². The molecule has 0 spiro atoms. The van der Waals surface area contributed by atoms with Crippen LogP contribution >= 0.6 is 0 Å². The number of fused-ring (bicyclic) bond motifs is 3. The van der Waals surface area contributed by atoms with Gasteiger partial charge in [-0.15, -0.1) is 0 Å². The van der Waals surface area contributed by atoms with Crippen LogP contribution in [0.5, 0.6) is 11.5 Å². The standard InChI is InChI=1S/C22H24N2O3/c1-13-4-6-18-16(8-13)17-11-15(12-19(17)24-18)23-22(25)10-14-5-7-20(26-2)21(9-14)27-3/h4-9,15,24H,10-12H2,1-3H3,(H,23,25). The number of rotatable bonds is 5. The molecule has 0 saturated heterocycles. The summed E-state index contributed by atoms with van der Waals surface area (Å²) in [5.41, 5.74) is 5.92. The largest absolute Gasteiger partial charge is 0.493 e. The monoisotopic (exact) mass is 364 g/mol. The van der Waals surface area contributed by atoms with E-state index in [1.165, 1.54) is 27.7 Å². The zero-order valence-corrected chi connectivity index (χ0v) is 15.9. The average Bonchev–Trinajstić information content (AvgIpc) is 3.18. The van der Waals surface area contributed by atoms with Gasteiger partial charge in [0.15, 0.2) is 11.5 Å². The summed E-state index contributed by atoms with van der Waals surface area (Å²) < 4.78 is 10.6. The molecule has 1 atom stereocenters. The van der Waals surface area contributed by atoms with Crippen LogP contribution in [0.25, 0.3) is 10.9 Å². The lowest BCUT2D eigenvalue weighted by atomic mass is 10.1. The molecule has 5 heteroatoms. The van der Waals surface area contributed by atoms with Gasteiger partial charge in [-0.3, -0.25) is 4.79 Å². The van der Waals surface area contributed by atoms with Gasteiger partial charge in [-0.25, -0.2) is 0 Å². The summed E-state index contributed by atoms with van der Waals surface area (Å²) in [6.45, 7) is 2.11. The molecular formula is C22H24N2O3. The van der Waals surface area contributed by atoms with Crippen LogP contribution in [0.15, 0.2) is 36.4 Å². The molecule has 0 radical (unpaired) electrons. The van der Waals surface area contributed by atoms with Crippen molar-refractivity contribution in [2.75, 3.05) is 14.2 Å². The molecule has 3 aromatic rings. The number of nitrogens with one attached hydrogen (secondary N) is 2. The van der Waals surface area contributed by atoms with Crippen LogP contribution in [0.4, 0.5) is 0 Å². The van der Waals surface area contributed by atoms with Crippen molar-refractivity contribution in [2.24, 2.45) is 0 Å². The number of hydrogen-bond donors (Lipinski definition) is 2. The molecule has 0 bridgehead atoms. The number of aromatic nitrogens is 1. The minimum Gasteiger partial charge on any atom is -0.493 e. The smallest absolute Gasteiger partial charge is 0.224 e. The van der Waals surface area contributed by atoms with Crippen LogP contribution in [0.3, 0.4) is 0 Å². The third kappa shape index (κ3) is 3.37. The van der Waals surface area contributed by atoms with E-state index < -0.39 is 0 Å². The second-order valence-electron chi connectivity index (χ2n) is 7.17. The number of ether oxygens (including phenoxy) is 2. The maximum Gasteiger partial charge on any atom is 0.224 e. The molecule has 1 amide bonds. The summed E-state index contributed by atoms with van der Waals surface area (Å²) in [7, 11) is 3.20. The van der Waals surface area contributed by atoms with E-state index in [-0.39, 0.29) is 11.9 Å². The number of hydrogen-bond acceptors (Lipinski definition) is 3. The molecule has 1 aliphatic rings. The molecule has 2 aromatic carbocycles. The molecule has 1 heterocycles. The number of aryl methyl sites for hydroxylation is 1. The van der Waals surface area contributed by atoms with Crippen molar-refractivity contribution >= 4 is 16.8 Å². The van der Waals surface area contributed by atoms with Crippen molar-refractivity contribution in [1.29, 1.82) is 0 Å². The van der Waals surface area contributed by atoms with E-state index in [9.17, 15) is 4.79 Å². The number of amides is 1. The van der Waals surface area contributed by atoms with Gasteiger partial charge in [0.2, 0.25) is 5.91 Å². The predicted molar refractivity (Wildman–Crippen MR) is 106 cm³/mol. The molecule has 1 unspecified atom stereocenters. The minimum atomic E-state index is 0.0258. The van der Waals surface area contributed by atoms with Crippen LogP contribution in [0.1, 0.15) is 22.4 Å². The molecule has 0 fully saturated rings. The Kier molecular flexibility index (Phi) is 4.52. The first-order valence-electron chi connectivity index (χ1n) is 9.17. The molecule has 0 saturated carbocycles. The Morgan fingerprint density at radius 3 is 2.70 bits per heavy atom. The number of carbonyl (C=O) groups excluding carboxylic acids is 1. The van der Waals surface area contributed by atoms with Crippen molar-refractivity contribution < 1.29 is 14.3 Å². The van der Waals surface area contributed by atoms with Gasteiger partial charge in [0.1, 0.15) is 0 Å². The topological polar surface area (TPSA) is 63.3 Å². The molecule has 4 rings (SSSR count). The van der Waals surface area contributed by atoms with E-state index >= 15 is 0 Å². The van der Waals surface area contributed by atoms with Gasteiger partial charge in [-0.2, -0.15) is 0 Å². The lowest BCUT2D eigenvalue weighted by molar-refractivity contribution is -0.121. The van der Waals surface area contributed by atoms with E-state index in [0.29, 0.717) is 17.9 Å². The number of aromatic amines is 1. The van der Waals surface area contributed by atoms with Crippen LogP contribution in [0, 0.1) is 6.92 Å². The third-order valence-corrected chi connectivity index (χ3v) is 5.23. The summed E-state index contributed by atoms with van der Waals surface area (Å²) in [6, 6.07) is 12.2. The summed E-state index contributed by atoms with van der Waals surface area (Å²) in [4.78, 5) is 16.0. The zero-order chi connectivity index (χ0) is 19.0. The fourth-order valence-corrected chi connectivity index (χ4v) is 3.95. The van der Waals surface area contributed by atoms with Gasteiger partial charge >= 0.3 is 0 Å². The van der Waals surface area contributed by atoms with Gasteiger partial charge in [0.05, 0.1) is 20.6 Å². The lowest BCUT2D eigenvalue weighted by Gasteiger charge is -2.14. The second kappa shape index (κ2) is 6.99. The van der Waals surface area contributed by atoms with Gasteiger partial charge < -0.3 is 19.8 Å². The SMILES string of the molecule is COc1ccc(CC(=O)NC2Cc3[nH]c4ccc(C)cc4c3C2)cc1OC. The summed E-state index contributed by atoms with van der Waals surface area (Å²) >= 11 is 0. The Labute approximate surface area is 158 Å². The molecule has 27 heavy (non-hydrogen) atoms. The fourth-order valence-electron chi connectivity index (χ4n) is 3.95. The highest BCUT2D eigenvalue weighted by Crippen LogP contribution is 2.31. The van der Waals surface area contributed by atoms with E-state index in [1.54, 1.807) is 14.2 Å². The minimum absolute atomic E-state index is 0.0258. The molecule has 1 aliphatic carbocycles. The predicted octanol–water partition coefficient (Wildman–Crippen LogP) is 3.32.